The van der Waals surface area contributed by atoms with E-state index in [9.17, 15) is 9.59 Å². The first-order valence-corrected chi connectivity index (χ1v) is 10.5. The Bertz CT molecular complexity index is 1100. The topological polar surface area (TPSA) is 76.5 Å². The molecule has 1 saturated heterocycles. The number of aryl methyl sites for hydroxylation is 1. The van der Waals surface area contributed by atoms with Crippen molar-refractivity contribution in [1.29, 1.82) is 0 Å². The summed E-state index contributed by atoms with van der Waals surface area (Å²) in [6.45, 7) is 4.49. The average molecular weight is 421 g/mol. The van der Waals surface area contributed by atoms with E-state index in [-0.39, 0.29) is 30.2 Å². The van der Waals surface area contributed by atoms with Gasteiger partial charge >= 0.3 is 0 Å². The molecule has 2 aromatic carbocycles. The molecule has 0 spiro atoms. The van der Waals surface area contributed by atoms with Crippen LogP contribution in [-0.2, 0) is 16.6 Å². The summed E-state index contributed by atoms with van der Waals surface area (Å²) < 4.78 is 7.21. The second-order valence-electron chi connectivity index (χ2n) is 8.35. The van der Waals surface area contributed by atoms with E-state index in [4.69, 9.17) is 9.72 Å². The number of benzene rings is 2. The zero-order valence-electron chi connectivity index (χ0n) is 18.3. The molecular formula is C24H28N4O3. The molecule has 1 N–H and O–H groups in total. The Kier molecular flexibility index (Phi) is 5.67. The Morgan fingerprint density at radius 1 is 1.16 bits per heavy atom. The second kappa shape index (κ2) is 8.41. The van der Waals surface area contributed by atoms with Crippen molar-refractivity contribution in [2.24, 2.45) is 18.9 Å². The third-order valence-corrected chi connectivity index (χ3v) is 5.94. The van der Waals surface area contributed by atoms with E-state index in [2.05, 4.69) is 19.2 Å². The second-order valence-corrected chi connectivity index (χ2v) is 8.35. The van der Waals surface area contributed by atoms with Crippen LogP contribution in [0.3, 0.4) is 0 Å². The van der Waals surface area contributed by atoms with Gasteiger partial charge in [-0.2, -0.15) is 0 Å². The Hall–Kier alpha value is -3.35. The van der Waals surface area contributed by atoms with Crippen LogP contribution in [0.1, 0.15) is 32.1 Å². The highest BCUT2D eigenvalue weighted by Gasteiger charge is 2.37. The minimum absolute atomic E-state index is 0.0471. The molecule has 7 heteroatoms. The summed E-state index contributed by atoms with van der Waals surface area (Å²) in [4.78, 5) is 32.2. The number of anilines is 1. The number of hydrogen-bond acceptors (Lipinski definition) is 4. The Morgan fingerprint density at radius 2 is 1.87 bits per heavy atom. The number of nitrogens with one attached hydrogen (secondary N) is 1. The first-order chi connectivity index (χ1) is 14.9. The lowest BCUT2D eigenvalue weighted by atomic mass is 10.0. The maximum absolute atomic E-state index is 13.1. The van der Waals surface area contributed by atoms with E-state index in [0.717, 1.165) is 28.3 Å². The molecule has 1 aliphatic rings. The van der Waals surface area contributed by atoms with E-state index >= 15 is 0 Å². The summed E-state index contributed by atoms with van der Waals surface area (Å²) in [5.74, 6) is 1.14. The van der Waals surface area contributed by atoms with Gasteiger partial charge in [0.1, 0.15) is 11.6 Å². The molecular weight excluding hydrogens is 392 g/mol. The molecule has 0 saturated carbocycles. The number of ether oxygens (including phenoxy) is 1. The van der Waals surface area contributed by atoms with Crippen LogP contribution in [0, 0.1) is 11.8 Å². The highest BCUT2D eigenvalue weighted by molar-refractivity contribution is 6.00. The molecule has 0 bridgehead atoms. The van der Waals surface area contributed by atoms with Gasteiger partial charge in [0.25, 0.3) is 0 Å². The fraction of sp³-hybridized carbons (Fsp3) is 0.375. The van der Waals surface area contributed by atoms with Crippen molar-refractivity contribution in [2.45, 2.75) is 26.3 Å². The van der Waals surface area contributed by atoms with Crippen LogP contribution < -0.4 is 15.0 Å². The Morgan fingerprint density at radius 3 is 2.52 bits per heavy atom. The molecule has 1 aliphatic heterocycles. The average Bonchev–Trinajstić information content (AvgIpc) is 3.32. The van der Waals surface area contributed by atoms with E-state index in [1.54, 1.807) is 12.0 Å². The fourth-order valence-electron chi connectivity index (χ4n) is 4.14. The molecule has 0 radical (unpaired) electrons. The van der Waals surface area contributed by atoms with Crippen LogP contribution in [0.4, 0.5) is 5.69 Å². The van der Waals surface area contributed by atoms with Crippen molar-refractivity contribution in [3.05, 3.63) is 54.4 Å². The van der Waals surface area contributed by atoms with Gasteiger partial charge < -0.3 is 19.5 Å². The molecule has 2 heterocycles. The van der Waals surface area contributed by atoms with Crippen LogP contribution >= 0.6 is 0 Å². The maximum Gasteiger partial charge on any atom is 0.227 e. The van der Waals surface area contributed by atoms with Gasteiger partial charge in [-0.1, -0.05) is 26.0 Å². The zero-order valence-corrected chi connectivity index (χ0v) is 18.3. The molecule has 3 aromatic rings. The minimum Gasteiger partial charge on any atom is -0.497 e. The number of para-hydroxylation sites is 2. The highest BCUT2D eigenvalue weighted by atomic mass is 16.5. The van der Waals surface area contributed by atoms with Gasteiger partial charge in [-0.05, 0) is 42.3 Å². The number of rotatable bonds is 6. The van der Waals surface area contributed by atoms with E-state index in [1.165, 1.54) is 0 Å². The molecule has 2 atom stereocenters. The van der Waals surface area contributed by atoms with Gasteiger partial charge in [-0.25, -0.2) is 4.98 Å². The van der Waals surface area contributed by atoms with Crippen LogP contribution in [-0.4, -0.2) is 35.0 Å². The molecule has 31 heavy (non-hydrogen) atoms. The normalized spacial score (nSPS) is 17.4. The number of aromatic nitrogens is 2. The number of hydrogen-bond donors (Lipinski definition) is 1. The van der Waals surface area contributed by atoms with E-state index in [0.29, 0.717) is 6.54 Å². The molecule has 0 unspecified atom stereocenters. The van der Waals surface area contributed by atoms with Crippen molar-refractivity contribution < 1.29 is 14.3 Å². The van der Waals surface area contributed by atoms with Crippen molar-refractivity contribution in [3.63, 3.8) is 0 Å². The first kappa shape index (κ1) is 20.9. The Labute approximate surface area is 182 Å². The minimum atomic E-state index is -0.398. The number of carbonyl (C=O) groups excluding carboxylic acids is 2. The van der Waals surface area contributed by atoms with Crippen LogP contribution in [0.2, 0.25) is 0 Å². The predicted octanol–water partition coefficient (Wildman–Crippen LogP) is 3.45. The largest absolute Gasteiger partial charge is 0.497 e. The van der Waals surface area contributed by atoms with Gasteiger partial charge in [-0.15, -0.1) is 0 Å². The molecule has 4 rings (SSSR count). The third-order valence-electron chi connectivity index (χ3n) is 5.94. The van der Waals surface area contributed by atoms with Gasteiger partial charge in [0, 0.05) is 25.7 Å². The first-order valence-electron chi connectivity index (χ1n) is 10.5. The van der Waals surface area contributed by atoms with E-state index in [1.807, 2.05) is 60.1 Å². The molecule has 0 aliphatic carbocycles. The number of amides is 2. The molecule has 162 valence electrons. The van der Waals surface area contributed by atoms with Crippen LogP contribution in [0.15, 0.2) is 48.5 Å². The van der Waals surface area contributed by atoms with Crippen molar-refractivity contribution in [3.8, 4) is 5.75 Å². The van der Waals surface area contributed by atoms with Gasteiger partial charge in [-0.3, -0.25) is 9.59 Å². The summed E-state index contributed by atoms with van der Waals surface area (Å²) in [6, 6.07) is 15.0. The van der Waals surface area contributed by atoms with Crippen molar-refractivity contribution in [2.75, 3.05) is 18.6 Å². The predicted molar refractivity (Wildman–Crippen MR) is 120 cm³/mol. The lowest BCUT2D eigenvalue weighted by Gasteiger charge is -2.24. The third kappa shape index (κ3) is 4.00. The molecule has 1 fully saturated rings. The van der Waals surface area contributed by atoms with Gasteiger partial charge in [0.2, 0.25) is 11.8 Å². The summed E-state index contributed by atoms with van der Waals surface area (Å²) in [7, 11) is 3.57. The number of imidazole rings is 1. The maximum atomic E-state index is 13.1. The number of fused-ring (bicyclic) bond motifs is 1. The van der Waals surface area contributed by atoms with E-state index < -0.39 is 5.92 Å². The molecule has 7 nitrogen and oxygen atoms in total. The molecule has 1 aromatic heterocycles. The van der Waals surface area contributed by atoms with Crippen molar-refractivity contribution >= 4 is 28.5 Å². The summed E-state index contributed by atoms with van der Waals surface area (Å²) in [5, 5.41) is 3.17. The quantitative estimate of drug-likeness (QED) is 0.663. The van der Waals surface area contributed by atoms with Gasteiger partial charge in [0.05, 0.1) is 30.1 Å². The number of carbonyl (C=O) groups is 2. The Balaban J connectivity index is 1.51. The highest BCUT2D eigenvalue weighted by Crippen LogP contribution is 2.29. The van der Waals surface area contributed by atoms with Crippen LogP contribution in [0.25, 0.3) is 11.0 Å². The lowest BCUT2D eigenvalue weighted by molar-refractivity contribution is -0.127. The summed E-state index contributed by atoms with van der Waals surface area (Å²) in [5.41, 5.74) is 2.71. The standard InChI is InChI=1S/C24H28N4O3/c1-15(2)22(23-25-19-7-5-6-8-20(19)27(23)3)26-24(30)16-13-21(29)28(14-16)17-9-11-18(31-4)12-10-17/h5-12,15-16,22H,13-14H2,1-4H3,(H,26,30)/t16-,22-/m0/s1. The SMILES string of the molecule is COc1ccc(N2C[C@@H](C(=O)N[C@H](c3nc4ccccc4n3C)C(C)C)CC2=O)cc1. The van der Waals surface area contributed by atoms with Crippen LogP contribution in [0.5, 0.6) is 5.75 Å². The van der Waals surface area contributed by atoms with Gasteiger partial charge in [0.15, 0.2) is 0 Å². The number of methoxy groups -OCH3 is 1. The molecule has 2 amide bonds. The summed E-state index contributed by atoms with van der Waals surface area (Å²) >= 11 is 0. The number of nitrogens with zero attached hydrogens (tertiary/aromatic N) is 3. The smallest absolute Gasteiger partial charge is 0.227 e. The zero-order chi connectivity index (χ0) is 22.1. The van der Waals surface area contributed by atoms with Crippen molar-refractivity contribution in [1.82, 2.24) is 14.9 Å². The fourth-order valence-corrected chi connectivity index (χ4v) is 4.14. The lowest BCUT2D eigenvalue weighted by Crippen LogP contribution is -2.38. The monoisotopic (exact) mass is 420 g/mol. The summed E-state index contributed by atoms with van der Waals surface area (Å²) in [6.07, 6.45) is 0.200.